The molecule has 1 saturated heterocycles. The number of amides is 2. The molecule has 1 unspecified atom stereocenters. The number of nitrogens with one attached hydrogen (secondary N) is 1. The number of nitrogens with zero attached hydrogens (tertiary/aromatic N) is 1. The van der Waals surface area contributed by atoms with Crippen LogP contribution < -0.4 is 5.32 Å². The van der Waals surface area contributed by atoms with E-state index in [1.807, 2.05) is 4.90 Å². The molecule has 0 spiro atoms. The van der Waals surface area contributed by atoms with Crippen LogP contribution in [0.15, 0.2) is 0 Å². The molecule has 0 aromatic carbocycles. The molecule has 1 atom stereocenters. The van der Waals surface area contributed by atoms with Crippen LogP contribution in [0, 0.1) is 11.8 Å². The van der Waals surface area contributed by atoms with Crippen LogP contribution >= 0.6 is 0 Å². The Morgan fingerprint density at radius 1 is 1.35 bits per heavy atom. The summed E-state index contributed by atoms with van der Waals surface area (Å²) in [6, 6.07) is -0.239. The Morgan fingerprint density at radius 2 is 2.06 bits per heavy atom. The van der Waals surface area contributed by atoms with Gasteiger partial charge in [-0.25, -0.2) is 0 Å². The van der Waals surface area contributed by atoms with Crippen molar-refractivity contribution < 1.29 is 9.59 Å². The lowest BCUT2D eigenvalue weighted by atomic mass is 9.84. The third kappa shape index (κ3) is 2.79. The number of piperazine rings is 1. The molecule has 4 nitrogen and oxygen atoms in total. The van der Waals surface area contributed by atoms with E-state index >= 15 is 0 Å². The van der Waals surface area contributed by atoms with E-state index in [-0.39, 0.29) is 24.4 Å². The molecule has 0 aromatic rings. The van der Waals surface area contributed by atoms with Gasteiger partial charge >= 0.3 is 0 Å². The summed E-state index contributed by atoms with van der Waals surface area (Å²) in [5.41, 5.74) is 0. The third-order valence-corrected chi connectivity index (χ3v) is 3.79. The van der Waals surface area contributed by atoms with E-state index in [0.717, 1.165) is 13.0 Å². The molecule has 0 bridgehead atoms. The van der Waals surface area contributed by atoms with Gasteiger partial charge in [-0.15, -0.1) is 0 Å². The van der Waals surface area contributed by atoms with Gasteiger partial charge in [-0.2, -0.15) is 0 Å². The number of hydrogen-bond acceptors (Lipinski definition) is 2. The third-order valence-electron chi connectivity index (χ3n) is 3.79. The van der Waals surface area contributed by atoms with Gasteiger partial charge in [-0.05, 0) is 31.1 Å². The maximum atomic E-state index is 11.9. The number of carbonyl (C=O) groups excluding carboxylic acids is 2. The van der Waals surface area contributed by atoms with Crippen molar-refractivity contribution in [3.8, 4) is 0 Å². The SMILES string of the molecule is CC(C)CC1C(=O)NCC(=O)N1CC1CCC1. The molecule has 17 heavy (non-hydrogen) atoms. The quantitative estimate of drug-likeness (QED) is 0.799. The van der Waals surface area contributed by atoms with Gasteiger partial charge in [0.15, 0.2) is 0 Å². The first kappa shape index (κ1) is 12.4. The Morgan fingerprint density at radius 3 is 2.59 bits per heavy atom. The van der Waals surface area contributed by atoms with Gasteiger partial charge < -0.3 is 10.2 Å². The monoisotopic (exact) mass is 238 g/mol. The summed E-state index contributed by atoms with van der Waals surface area (Å²) in [4.78, 5) is 25.6. The Labute approximate surface area is 103 Å². The van der Waals surface area contributed by atoms with Gasteiger partial charge in [0, 0.05) is 6.54 Å². The average molecular weight is 238 g/mol. The summed E-state index contributed by atoms with van der Waals surface area (Å²) < 4.78 is 0. The van der Waals surface area contributed by atoms with Crippen LogP contribution in [-0.4, -0.2) is 35.8 Å². The standard InChI is InChI=1S/C13H22N2O2/c1-9(2)6-11-13(17)14-7-12(16)15(11)8-10-4-3-5-10/h9-11H,3-8H2,1-2H3,(H,14,17). The van der Waals surface area contributed by atoms with Gasteiger partial charge in [0.25, 0.3) is 0 Å². The maximum absolute atomic E-state index is 11.9. The molecule has 2 aliphatic rings. The lowest BCUT2D eigenvalue weighted by Crippen LogP contribution is -2.59. The van der Waals surface area contributed by atoms with Crippen molar-refractivity contribution in [2.24, 2.45) is 11.8 Å². The van der Waals surface area contributed by atoms with E-state index in [2.05, 4.69) is 19.2 Å². The largest absolute Gasteiger partial charge is 0.345 e. The first-order valence-electron chi connectivity index (χ1n) is 6.65. The molecule has 2 fully saturated rings. The van der Waals surface area contributed by atoms with Crippen molar-refractivity contribution >= 4 is 11.8 Å². The lowest BCUT2D eigenvalue weighted by molar-refractivity contribution is -0.147. The van der Waals surface area contributed by atoms with E-state index in [9.17, 15) is 9.59 Å². The molecular formula is C13H22N2O2. The smallest absolute Gasteiger partial charge is 0.243 e. The van der Waals surface area contributed by atoms with E-state index in [4.69, 9.17) is 0 Å². The molecule has 1 heterocycles. The van der Waals surface area contributed by atoms with E-state index < -0.39 is 0 Å². The van der Waals surface area contributed by atoms with Crippen molar-refractivity contribution in [2.45, 2.75) is 45.6 Å². The molecule has 0 aromatic heterocycles. The fourth-order valence-electron chi connectivity index (χ4n) is 2.56. The predicted molar refractivity (Wildman–Crippen MR) is 65.3 cm³/mol. The minimum absolute atomic E-state index is 0.0256. The highest BCUT2D eigenvalue weighted by Gasteiger charge is 2.36. The molecule has 1 aliphatic heterocycles. The topological polar surface area (TPSA) is 49.4 Å². The summed E-state index contributed by atoms with van der Waals surface area (Å²) in [6.45, 7) is 5.14. The molecule has 1 aliphatic carbocycles. The van der Waals surface area contributed by atoms with Gasteiger partial charge in [-0.3, -0.25) is 9.59 Å². The Balaban J connectivity index is 2.03. The molecule has 1 saturated carbocycles. The number of rotatable bonds is 4. The van der Waals surface area contributed by atoms with Crippen molar-refractivity contribution in [2.75, 3.05) is 13.1 Å². The first-order valence-corrected chi connectivity index (χ1v) is 6.65. The van der Waals surface area contributed by atoms with Crippen molar-refractivity contribution in [3.05, 3.63) is 0 Å². The second kappa shape index (κ2) is 5.07. The molecular weight excluding hydrogens is 216 g/mol. The Bertz CT molecular complexity index is 311. The van der Waals surface area contributed by atoms with Crippen molar-refractivity contribution in [1.29, 1.82) is 0 Å². The van der Waals surface area contributed by atoms with E-state index in [1.54, 1.807) is 0 Å². The highest BCUT2D eigenvalue weighted by atomic mass is 16.2. The van der Waals surface area contributed by atoms with Crippen LogP contribution in [0.1, 0.15) is 39.5 Å². The van der Waals surface area contributed by atoms with E-state index in [1.165, 1.54) is 19.3 Å². The van der Waals surface area contributed by atoms with Crippen LogP contribution in [0.2, 0.25) is 0 Å². The lowest BCUT2D eigenvalue weighted by Gasteiger charge is -2.40. The van der Waals surface area contributed by atoms with Gasteiger partial charge in [-0.1, -0.05) is 20.3 Å². The minimum Gasteiger partial charge on any atom is -0.345 e. The highest BCUT2D eigenvalue weighted by Crippen LogP contribution is 2.29. The first-order chi connectivity index (χ1) is 8.08. The van der Waals surface area contributed by atoms with Crippen LogP contribution in [0.25, 0.3) is 0 Å². The average Bonchev–Trinajstić information content (AvgIpc) is 2.19. The second-order valence-electron chi connectivity index (χ2n) is 5.71. The predicted octanol–water partition coefficient (Wildman–Crippen LogP) is 1.16. The van der Waals surface area contributed by atoms with Crippen molar-refractivity contribution in [3.63, 3.8) is 0 Å². The fourth-order valence-corrected chi connectivity index (χ4v) is 2.56. The maximum Gasteiger partial charge on any atom is 0.243 e. The van der Waals surface area contributed by atoms with Crippen molar-refractivity contribution in [1.82, 2.24) is 10.2 Å². The van der Waals surface area contributed by atoms with E-state index in [0.29, 0.717) is 11.8 Å². The fraction of sp³-hybridized carbons (Fsp3) is 0.846. The molecule has 2 rings (SSSR count). The summed E-state index contributed by atoms with van der Waals surface area (Å²) in [5, 5.41) is 2.70. The Kier molecular flexibility index (Phi) is 3.69. The zero-order valence-corrected chi connectivity index (χ0v) is 10.7. The van der Waals surface area contributed by atoms with Crippen LogP contribution in [-0.2, 0) is 9.59 Å². The zero-order valence-electron chi connectivity index (χ0n) is 10.7. The zero-order chi connectivity index (χ0) is 12.4. The molecule has 0 radical (unpaired) electrons. The van der Waals surface area contributed by atoms with Gasteiger partial charge in [0.1, 0.15) is 6.04 Å². The summed E-state index contributed by atoms with van der Waals surface area (Å²) in [6.07, 6.45) is 4.46. The number of hydrogen-bond donors (Lipinski definition) is 1. The van der Waals surface area contributed by atoms with Crippen LogP contribution in [0.3, 0.4) is 0 Å². The summed E-state index contributed by atoms with van der Waals surface area (Å²) >= 11 is 0. The van der Waals surface area contributed by atoms with Crippen LogP contribution in [0.4, 0.5) is 0 Å². The second-order valence-corrected chi connectivity index (χ2v) is 5.71. The minimum atomic E-state index is -0.239. The van der Waals surface area contributed by atoms with Gasteiger partial charge in [0.05, 0.1) is 6.54 Å². The molecule has 2 amide bonds. The Hall–Kier alpha value is -1.06. The molecule has 1 N–H and O–H groups in total. The van der Waals surface area contributed by atoms with Crippen LogP contribution in [0.5, 0.6) is 0 Å². The normalized spacial score (nSPS) is 26.1. The summed E-state index contributed by atoms with van der Waals surface area (Å²) in [7, 11) is 0. The highest BCUT2D eigenvalue weighted by molar-refractivity contribution is 5.94. The molecule has 96 valence electrons. The number of carbonyl (C=O) groups is 2. The summed E-state index contributed by atoms with van der Waals surface area (Å²) in [5.74, 6) is 1.17. The molecule has 4 heteroatoms. The van der Waals surface area contributed by atoms with Gasteiger partial charge in [0.2, 0.25) is 11.8 Å².